The molecule has 8 heteroatoms. The number of carbonyl (C=O) groups excluding carboxylic acids is 2. The quantitative estimate of drug-likeness (QED) is 0.538. The molecule has 2 aromatic heterocycles. The number of aryl methyl sites for hydroxylation is 1. The number of para-hydroxylation sites is 1. The monoisotopic (exact) mass is 437 g/mol. The van der Waals surface area contributed by atoms with Crippen molar-refractivity contribution in [3.8, 4) is 0 Å². The lowest BCUT2D eigenvalue weighted by molar-refractivity contribution is -0.139. The summed E-state index contributed by atoms with van der Waals surface area (Å²) in [6.07, 6.45) is 0. The van der Waals surface area contributed by atoms with Crippen molar-refractivity contribution >= 4 is 23.0 Å². The number of urea groups is 1. The maximum absolute atomic E-state index is 12.9. The number of likely N-dealkylation sites (N-methyl/N-ethyl adjacent to an activating group) is 1. The van der Waals surface area contributed by atoms with Crippen LogP contribution in [0.5, 0.6) is 0 Å². The van der Waals surface area contributed by atoms with E-state index in [4.69, 9.17) is 13.6 Å². The molecule has 0 unspecified atom stereocenters. The van der Waals surface area contributed by atoms with Gasteiger partial charge in [0.15, 0.2) is 0 Å². The summed E-state index contributed by atoms with van der Waals surface area (Å²) in [4.78, 5) is 27.3. The summed E-state index contributed by atoms with van der Waals surface area (Å²) < 4.78 is 17.0. The van der Waals surface area contributed by atoms with E-state index in [-0.39, 0.29) is 12.6 Å². The molecule has 3 heterocycles. The Hall–Kier alpha value is -3.52. The summed E-state index contributed by atoms with van der Waals surface area (Å²) in [7, 11) is 1.91. The molecule has 1 aromatic carbocycles. The number of ether oxygens (including phenoxy) is 1. The molecule has 0 saturated heterocycles. The Morgan fingerprint density at radius 2 is 2.00 bits per heavy atom. The molecule has 0 saturated carbocycles. The maximum Gasteiger partial charge on any atom is 0.338 e. The Balaban J connectivity index is 1.66. The Labute approximate surface area is 186 Å². The summed E-state index contributed by atoms with van der Waals surface area (Å²) >= 11 is 0. The van der Waals surface area contributed by atoms with E-state index in [1.54, 1.807) is 19.1 Å². The van der Waals surface area contributed by atoms with Crippen molar-refractivity contribution in [2.24, 2.45) is 0 Å². The number of benzene rings is 1. The third kappa shape index (κ3) is 4.27. The third-order valence-corrected chi connectivity index (χ3v) is 5.62. The zero-order valence-electron chi connectivity index (χ0n) is 18.6. The lowest BCUT2D eigenvalue weighted by Gasteiger charge is -2.31. The highest BCUT2D eigenvalue weighted by atomic mass is 16.5. The van der Waals surface area contributed by atoms with Crippen LogP contribution in [-0.2, 0) is 9.53 Å². The maximum atomic E-state index is 12.9. The molecule has 0 fully saturated rings. The van der Waals surface area contributed by atoms with E-state index in [0.29, 0.717) is 29.3 Å². The van der Waals surface area contributed by atoms with Gasteiger partial charge < -0.3 is 24.2 Å². The number of nitrogens with one attached hydrogen (secondary N) is 2. The largest absolute Gasteiger partial charge is 0.464 e. The second kappa shape index (κ2) is 8.92. The molecule has 0 spiro atoms. The topological polar surface area (TPSA) is 97.0 Å². The predicted molar refractivity (Wildman–Crippen MR) is 119 cm³/mol. The number of hydrogen-bond acceptors (Lipinski definition) is 6. The Morgan fingerprint density at radius 1 is 1.22 bits per heavy atom. The summed E-state index contributed by atoms with van der Waals surface area (Å²) in [6.45, 7) is 6.09. The number of carbonyl (C=O) groups is 2. The first-order chi connectivity index (χ1) is 15.4. The smallest absolute Gasteiger partial charge is 0.338 e. The molecule has 2 atom stereocenters. The Bertz CT molecular complexity index is 1140. The number of esters is 1. The Kier molecular flexibility index (Phi) is 6.05. The lowest BCUT2D eigenvalue weighted by atomic mass is 9.99. The molecular formula is C24H27N3O5. The van der Waals surface area contributed by atoms with Crippen LogP contribution in [0.2, 0.25) is 0 Å². The van der Waals surface area contributed by atoms with Crippen LogP contribution in [0.4, 0.5) is 4.79 Å². The SMILES string of the molecule is CCOC(=O)C1=C(CN(C)[C@H](C)c2cc3ccccc3o2)NC(=O)N[C@@H]1c1ccc(C)o1. The molecule has 0 aliphatic carbocycles. The van der Waals surface area contributed by atoms with Crippen molar-refractivity contribution in [2.45, 2.75) is 32.9 Å². The van der Waals surface area contributed by atoms with Crippen LogP contribution in [0, 0.1) is 6.92 Å². The van der Waals surface area contributed by atoms with Gasteiger partial charge in [0.25, 0.3) is 0 Å². The lowest BCUT2D eigenvalue weighted by Crippen LogP contribution is -2.48. The minimum absolute atomic E-state index is 0.102. The summed E-state index contributed by atoms with van der Waals surface area (Å²) in [5, 5.41) is 6.59. The van der Waals surface area contributed by atoms with Crippen molar-refractivity contribution in [1.29, 1.82) is 0 Å². The fourth-order valence-corrected chi connectivity index (χ4v) is 3.83. The van der Waals surface area contributed by atoms with Gasteiger partial charge in [-0.2, -0.15) is 0 Å². The predicted octanol–water partition coefficient (Wildman–Crippen LogP) is 4.20. The molecule has 8 nitrogen and oxygen atoms in total. The van der Waals surface area contributed by atoms with E-state index in [9.17, 15) is 9.59 Å². The number of nitrogens with zero attached hydrogens (tertiary/aromatic N) is 1. The van der Waals surface area contributed by atoms with Crippen molar-refractivity contribution in [3.05, 3.63) is 71.0 Å². The number of furan rings is 2. The molecule has 1 aliphatic heterocycles. The zero-order chi connectivity index (χ0) is 22.8. The van der Waals surface area contributed by atoms with Crippen LogP contribution in [0.15, 0.2) is 62.6 Å². The Morgan fingerprint density at radius 3 is 2.69 bits per heavy atom. The molecular weight excluding hydrogens is 410 g/mol. The van der Waals surface area contributed by atoms with Gasteiger partial charge in [0.2, 0.25) is 0 Å². The summed E-state index contributed by atoms with van der Waals surface area (Å²) in [5.41, 5.74) is 1.61. The van der Waals surface area contributed by atoms with Gasteiger partial charge in [0.05, 0.1) is 18.2 Å². The minimum Gasteiger partial charge on any atom is -0.464 e. The summed E-state index contributed by atoms with van der Waals surface area (Å²) in [6, 6.07) is 12.1. The number of hydrogen-bond donors (Lipinski definition) is 2. The van der Waals surface area contributed by atoms with Crippen molar-refractivity contribution in [2.75, 3.05) is 20.2 Å². The van der Waals surface area contributed by atoms with Gasteiger partial charge in [-0.1, -0.05) is 18.2 Å². The van der Waals surface area contributed by atoms with Crippen LogP contribution in [-0.4, -0.2) is 37.1 Å². The highest BCUT2D eigenvalue weighted by Gasteiger charge is 2.36. The number of rotatable bonds is 7. The highest BCUT2D eigenvalue weighted by Crippen LogP contribution is 2.31. The van der Waals surface area contributed by atoms with Gasteiger partial charge in [-0.25, -0.2) is 9.59 Å². The molecule has 3 aromatic rings. The van der Waals surface area contributed by atoms with Crippen LogP contribution in [0.25, 0.3) is 11.0 Å². The molecule has 0 radical (unpaired) electrons. The fraction of sp³-hybridized carbons (Fsp3) is 0.333. The van der Waals surface area contributed by atoms with Gasteiger partial charge in [-0.3, -0.25) is 4.90 Å². The van der Waals surface area contributed by atoms with E-state index in [1.807, 2.05) is 56.1 Å². The first-order valence-corrected chi connectivity index (χ1v) is 10.6. The van der Waals surface area contributed by atoms with Gasteiger partial charge in [-0.05, 0) is 52.1 Å². The molecule has 1 aliphatic rings. The molecule has 168 valence electrons. The van der Waals surface area contributed by atoms with E-state index in [2.05, 4.69) is 10.6 Å². The van der Waals surface area contributed by atoms with E-state index < -0.39 is 18.0 Å². The van der Waals surface area contributed by atoms with Gasteiger partial charge in [0, 0.05) is 17.6 Å². The highest BCUT2D eigenvalue weighted by molar-refractivity contribution is 5.95. The first-order valence-electron chi connectivity index (χ1n) is 10.6. The molecule has 2 amide bonds. The van der Waals surface area contributed by atoms with Crippen LogP contribution < -0.4 is 10.6 Å². The van der Waals surface area contributed by atoms with E-state index in [1.165, 1.54) is 0 Å². The van der Waals surface area contributed by atoms with Gasteiger partial charge in [-0.15, -0.1) is 0 Å². The zero-order valence-corrected chi connectivity index (χ0v) is 18.6. The van der Waals surface area contributed by atoms with Crippen molar-refractivity contribution in [1.82, 2.24) is 15.5 Å². The molecule has 0 bridgehead atoms. The average molecular weight is 437 g/mol. The van der Waals surface area contributed by atoms with Crippen LogP contribution in [0.3, 0.4) is 0 Å². The van der Waals surface area contributed by atoms with E-state index >= 15 is 0 Å². The van der Waals surface area contributed by atoms with Gasteiger partial charge >= 0.3 is 12.0 Å². The second-order valence-electron chi connectivity index (χ2n) is 7.87. The van der Waals surface area contributed by atoms with Crippen molar-refractivity contribution in [3.63, 3.8) is 0 Å². The van der Waals surface area contributed by atoms with Gasteiger partial charge in [0.1, 0.15) is 28.9 Å². The average Bonchev–Trinajstić information content (AvgIpc) is 3.39. The second-order valence-corrected chi connectivity index (χ2v) is 7.87. The minimum atomic E-state index is -0.735. The van der Waals surface area contributed by atoms with Crippen molar-refractivity contribution < 1.29 is 23.2 Å². The molecule has 32 heavy (non-hydrogen) atoms. The van der Waals surface area contributed by atoms with E-state index in [0.717, 1.165) is 16.7 Å². The van der Waals surface area contributed by atoms with Crippen LogP contribution in [0.1, 0.15) is 43.2 Å². The standard InChI is InChI=1S/C24H27N3O5/c1-5-30-23(28)21-17(25-24(29)26-22(21)19-11-10-14(2)31-19)13-27(4)15(3)20-12-16-8-6-7-9-18(16)32-20/h6-12,15,22H,5,13H2,1-4H3,(H2,25,26,29)/t15-,22-/m1/s1. The molecule has 4 rings (SSSR count). The fourth-order valence-electron chi connectivity index (χ4n) is 3.83. The van der Waals surface area contributed by atoms with Crippen LogP contribution >= 0.6 is 0 Å². The number of fused-ring (bicyclic) bond motifs is 1. The summed E-state index contributed by atoms with van der Waals surface area (Å²) in [5.74, 6) is 1.46. The third-order valence-electron chi connectivity index (χ3n) is 5.62. The number of amides is 2. The molecule has 2 N–H and O–H groups in total. The normalized spacial score (nSPS) is 17.4. The first kappa shape index (κ1) is 21.7.